The van der Waals surface area contributed by atoms with E-state index in [9.17, 15) is 14.9 Å². The van der Waals surface area contributed by atoms with Crippen LogP contribution < -0.4 is 20.7 Å². The molecule has 0 bridgehead atoms. The molecule has 1 saturated heterocycles. The Bertz CT molecular complexity index is 1120. The number of benzene rings is 2. The summed E-state index contributed by atoms with van der Waals surface area (Å²) in [6.45, 7) is 8.54. The molecule has 1 aliphatic heterocycles. The fourth-order valence-corrected chi connectivity index (χ4v) is 4.95. The summed E-state index contributed by atoms with van der Waals surface area (Å²) in [5.74, 6) is 0.206. The number of ether oxygens (including phenoxy) is 1. The van der Waals surface area contributed by atoms with Gasteiger partial charge in [-0.1, -0.05) is 23.7 Å². The van der Waals surface area contributed by atoms with Gasteiger partial charge in [0.2, 0.25) is 5.91 Å². The Hall–Kier alpha value is -3.08. The summed E-state index contributed by atoms with van der Waals surface area (Å²) < 4.78 is 5.90. The Morgan fingerprint density at radius 1 is 1.15 bits per heavy atom. The summed E-state index contributed by atoms with van der Waals surface area (Å²) in [5.41, 5.74) is 1.08. The van der Waals surface area contributed by atoms with Crippen molar-refractivity contribution in [2.75, 3.05) is 7.05 Å². The minimum absolute atomic E-state index is 0.0368. The lowest BCUT2D eigenvalue weighted by Crippen LogP contribution is -2.62. The van der Waals surface area contributed by atoms with E-state index in [2.05, 4.69) is 49.7 Å². The summed E-state index contributed by atoms with van der Waals surface area (Å²) >= 11 is 6.44. The monoisotopic (exact) mass is 482 g/mol. The number of nitriles is 1. The summed E-state index contributed by atoms with van der Waals surface area (Å²) in [6.07, 6.45) is 1.70. The van der Waals surface area contributed by atoms with Gasteiger partial charge in [0, 0.05) is 29.7 Å². The van der Waals surface area contributed by atoms with Crippen LogP contribution in [0.25, 0.3) is 0 Å². The van der Waals surface area contributed by atoms with E-state index in [1.54, 1.807) is 43.4 Å². The van der Waals surface area contributed by atoms with E-state index in [-0.39, 0.29) is 45.9 Å². The molecule has 180 valence electrons. The van der Waals surface area contributed by atoms with Crippen molar-refractivity contribution < 1.29 is 14.3 Å². The minimum Gasteiger partial charge on any atom is -0.454 e. The fourth-order valence-electron chi connectivity index (χ4n) is 4.73. The molecule has 0 atom stereocenters. The first kappa shape index (κ1) is 25.5. The first-order chi connectivity index (χ1) is 15.9. The topological polar surface area (TPSA) is 103 Å². The molecule has 0 aromatic heterocycles. The van der Waals surface area contributed by atoms with Crippen LogP contribution in [0.2, 0.25) is 5.02 Å². The summed E-state index contributed by atoms with van der Waals surface area (Å²) in [7, 11) is 1.54. The Labute approximate surface area is 205 Å². The highest BCUT2D eigenvalue weighted by molar-refractivity contribution is 6.32. The van der Waals surface area contributed by atoms with E-state index in [0.29, 0.717) is 22.6 Å². The van der Waals surface area contributed by atoms with Crippen LogP contribution in [0.4, 0.5) is 0 Å². The van der Waals surface area contributed by atoms with Gasteiger partial charge in [0.05, 0.1) is 17.0 Å². The third-order valence-corrected chi connectivity index (χ3v) is 6.09. The average Bonchev–Trinajstić information content (AvgIpc) is 2.72. The number of nitrogens with zero attached hydrogens (tertiary/aromatic N) is 1. The second-order valence-electron chi connectivity index (χ2n) is 9.97. The first-order valence-corrected chi connectivity index (χ1v) is 11.6. The van der Waals surface area contributed by atoms with Crippen molar-refractivity contribution in [2.24, 2.45) is 0 Å². The van der Waals surface area contributed by atoms with Gasteiger partial charge < -0.3 is 20.7 Å². The van der Waals surface area contributed by atoms with E-state index in [4.69, 9.17) is 16.3 Å². The predicted octanol–water partition coefficient (Wildman–Crippen LogP) is 4.33. The quantitative estimate of drug-likeness (QED) is 0.568. The molecular formula is C26H31ClN4O3. The average molecular weight is 483 g/mol. The maximum Gasteiger partial charge on any atom is 0.251 e. The number of rotatable bonds is 6. The van der Waals surface area contributed by atoms with Gasteiger partial charge in [-0.05, 0) is 70.4 Å². The molecule has 7 nitrogen and oxygen atoms in total. The molecule has 0 aliphatic carbocycles. The number of hydrogen-bond donors (Lipinski definition) is 3. The van der Waals surface area contributed by atoms with Crippen LogP contribution in [0.5, 0.6) is 11.5 Å². The summed E-state index contributed by atoms with van der Waals surface area (Å²) in [5, 5.41) is 19.2. The van der Waals surface area contributed by atoms with Crippen LogP contribution >= 0.6 is 11.6 Å². The lowest BCUT2D eigenvalue weighted by atomic mass is 9.79. The van der Waals surface area contributed by atoms with E-state index < -0.39 is 0 Å². The molecule has 1 heterocycles. The van der Waals surface area contributed by atoms with Gasteiger partial charge in [0.15, 0.2) is 0 Å². The summed E-state index contributed by atoms with van der Waals surface area (Å²) in [4.78, 5) is 24.7. The maximum atomic E-state index is 12.9. The molecule has 1 fully saturated rings. The number of likely N-dealkylation sites (N-methyl/N-ethyl adjacent to an activating group) is 1. The molecular weight excluding hydrogens is 452 g/mol. The molecule has 34 heavy (non-hydrogen) atoms. The van der Waals surface area contributed by atoms with Crippen LogP contribution in [0.15, 0.2) is 36.4 Å². The maximum absolute atomic E-state index is 12.9. The van der Waals surface area contributed by atoms with Crippen LogP contribution in [0.3, 0.4) is 0 Å². The van der Waals surface area contributed by atoms with Crippen LogP contribution in [0.1, 0.15) is 62.0 Å². The zero-order chi connectivity index (χ0) is 25.1. The lowest BCUT2D eigenvalue weighted by Gasteiger charge is -2.46. The zero-order valence-electron chi connectivity index (χ0n) is 20.2. The fraction of sp³-hybridized carbons (Fsp3) is 0.423. The first-order valence-electron chi connectivity index (χ1n) is 11.2. The van der Waals surface area contributed by atoms with Crippen molar-refractivity contribution in [3.63, 3.8) is 0 Å². The van der Waals surface area contributed by atoms with Gasteiger partial charge in [-0.25, -0.2) is 0 Å². The van der Waals surface area contributed by atoms with Crippen molar-refractivity contribution in [1.82, 2.24) is 16.0 Å². The van der Waals surface area contributed by atoms with Gasteiger partial charge in [-0.2, -0.15) is 5.26 Å². The summed E-state index contributed by atoms with van der Waals surface area (Å²) in [6, 6.07) is 12.0. The number of nitrogens with one attached hydrogen (secondary N) is 3. The predicted molar refractivity (Wildman–Crippen MR) is 132 cm³/mol. The van der Waals surface area contributed by atoms with E-state index in [0.717, 1.165) is 12.8 Å². The number of amides is 2. The zero-order valence-corrected chi connectivity index (χ0v) is 21.0. The number of carbonyl (C=O) groups is 2. The van der Waals surface area contributed by atoms with Crippen LogP contribution in [-0.4, -0.2) is 36.0 Å². The van der Waals surface area contributed by atoms with Crippen molar-refractivity contribution in [3.8, 4) is 17.6 Å². The van der Waals surface area contributed by atoms with Gasteiger partial charge in [-0.3, -0.25) is 9.59 Å². The van der Waals surface area contributed by atoms with Crippen molar-refractivity contribution >= 4 is 23.4 Å². The molecule has 2 aromatic rings. The highest BCUT2D eigenvalue weighted by Gasteiger charge is 2.38. The van der Waals surface area contributed by atoms with E-state index >= 15 is 0 Å². The molecule has 8 heteroatoms. The third-order valence-electron chi connectivity index (χ3n) is 5.79. The van der Waals surface area contributed by atoms with E-state index in [1.807, 2.05) is 0 Å². The standard InChI is InChI=1S/C26H31ClN4O3/c1-25(2)13-18(14-26(3,4)31-25)30-24(33)17-9-10-22(20(27)11-17)34-21-8-6-7-16(19(21)15-28)12-23(32)29-5/h6-11,18,31H,12-14H2,1-5H3,(H,29,32)(H,30,33). The largest absolute Gasteiger partial charge is 0.454 e. The Kier molecular flexibility index (Phi) is 7.54. The Morgan fingerprint density at radius 2 is 1.82 bits per heavy atom. The molecule has 0 saturated carbocycles. The van der Waals surface area contributed by atoms with E-state index in [1.165, 1.54) is 0 Å². The highest BCUT2D eigenvalue weighted by Crippen LogP contribution is 2.34. The Morgan fingerprint density at radius 3 is 2.41 bits per heavy atom. The van der Waals surface area contributed by atoms with Gasteiger partial charge >= 0.3 is 0 Å². The molecule has 1 aliphatic rings. The smallest absolute Gasteiger partial charge is 0.251 e. The van der Waals surface area contributed by atoms with Gasteiger partial charge in [0.1, 0.15) is 17.6 Å². The van der Waals surface area contributed by atoms with Gasteiger partial charge in [0.25, 0.3) is 5.91 Å². The molecule has 0 unspecified atom stereocenters. The number of carbonyl (C=O) groups excluding carboxylic acids is 2. The number of halogens is 1. The van der Waals surface area contributed by atoms with Crippen molar-refractivity contribution in [2.45, 2.75) is 64.1 Å². The SMILES string of the molecule is CNC(=O)Cc1cccc(Oc2ccc(C(=O)NC3CC(C)(C)NC(C)(C)C3)cc2Cl)c1C#N. The molecule has 2 aromatic carbocycles. The molecule has 3 rings (SSSR count). The van der Waals surface area contributed by atoms with Crippen LogP contribution in [0, 0.1) is 11.3 Å². The highest BCUT2D eigenvalue weighted by atomic mass is 35.5. The molecule has 0 radical (unpaired) electrons. The normalized spacial score (nSPS) is 16.9. The number of piperidine rings is 1. The molecule has 2 amide bonds. The Balaban J connectivity index is 1.76. The van der Waals surface area contributed by atoms with Crippen molar-refractivity contribution in [1.29, 1.82) is 5.26 Å². The van der Waals surface area contributed by atoms with Gasteiger partial charge in [-0.15, -0.1) is 0 Å². The lowest BCUT2D eigenvalue weighted by molar-refractivity contribution is -0.119. The number of hydrogen-bond acceptors (Lipinski definition) is 5. The van der Waals surface area contributed by atoms with Crippen LogP contribution in [-0.2, 0) is 11.2 Å². The molecule has 0 spiro atoms. The molecule has 3 N–H and O–H groups in total. The second kappa shape index (κ2) is 10.0. The minimum atomic E-state index is -0.206. The van der Waals surface area contributed by atoms with Crippen molar-refractivity contribution in [3.05, 3.63) is 58.1 Å². The third kappa shape index (κ3) is 6.28. The second-order valence-corrected chi connectivity index (χ2v) is 10.4.